The Labute approximate surface area is 133 Å². The van der Waals surface area contributed by atoms with Gasteiger partial charge in [0.2, 0.25) is 11.8 Å². The van der Waals surface area contributed by atoms with E-state index in [0.717, 1.165) is 16.5 Å². The fourth-order valence-corrected chi connectivity index (χ4v) is 2.34. The van der Waals surface area contributed by atoms with Gasteiger partial charge >= 0.3 is 0 Å². The molecule has 1 amide bonds. The summed E-state index contributed by atoms with van der Waals surface area (Å²) in [4.78, 5) is 20.5. The number of rotatable bonds is 5. The van der Waals surface area contributed by atoms with Crippen LogP contribution in [0, 0.1) is 0 Å². The molecule has 0 aliphatic heterocycles. The first-order valence-corrected chi connectivity index (χ1v) is 7.23. The lowest BCUT2D eigenvalue weighted by molar-refractivity contribution is -0.124. The quantitative estimate of drug-likeness (QED) is 0.775. The Morgan fingerprint density at radius 2 is 2.22 bits per heavy atom. The second-order valence-corrected chi connectivity index (χ2v) is 5.11. The van der Waals surface area contributed by atoms with E-state index in [2.05, 4.69) is 20.4 Å². The number of benzene rings is 1. The molecule has 0 bridgehead atoms. The molecule has 0 aliphatic rings. The molecule has 7 nitrogen and oxygen atoms in total. The van der Waals surface area contributed by atoms with E-state index in [9.17, 15) is 4.79 Å². The highest BCUT2D eigenvalue weighted by Gasteiger charge is 2.15. The van der Waals surface area contributed by atoms with Gasteiger partial charge < -0.3 is 10.1 Å². The third-order valence-corrected chi connectivity index (χ3v) is 3.65. The number of nitrogens with one attached hydrogen (secondary N) is 1. The topological polar surface area (TPSA) is 81.9 Å². The molecular formula is C16H17N5O2. The lowest BCUT2D eigenvalue weighted by Gasteiger charge is -2.13. The van der Waals surface area contributed by atoms with Gasteiger partial charge in [0, 0.05) is 18.0 Å². The van der Waals surface area contributed by atoms with Crippen molar-refractivity contribution in [3.8, 4) is 5.88 Å². The number of hydrogen-bond acceptors (Lipinski definition) is 5. The predicted octanol–water partition coefficient (Wildman–Crippen LogP) is 1.71. The Morgan fingerprint density at radius 1 is 1.39 bits per heavy atom. The van der Waals surface area contributed by atoms with Crippen LogP contribution in [0.15, 0.2) is 43.0 Å². The fourth-order valence-electron chi connectivity index (χ4n) is 2.34. The fraction of sp³-hybridized carbons (Fsp3) is 0.250. The Balaban J connectivity index is 1.80. The summed E-state index contributed by atoms with van der Waals surface area (Å²) < 4.78 is 6.74. The van der Waals surface area contributed by atoms with Gasteiger partial charge in [-0.05, 0) is 18.6 Å². The first-order chi connectivity index (χ1) is 11.2. The number of nitrogens with zero attached hydrogens (tertiary/aromatic N) is 4. The number of methoxy groups -OCH3 is 1. The van der Waals surface area contributed by atoms with Crippen molar-refractivity contribution < 1.29 is 9.53 Å². The third-order valence-electron chi connectivity index (χ3n) is 3.65. The molecule has 2 heterocycles. The number of carbonyl (C=O) groups excluding carboxylic acids is 1. The van der Waals surface area contributed by atoms with Crippen LogP contribution in [-0.4, -0.2) is 32.8 Å². The average Bonchev–Trinajstić information content (AvgIpc) is 3.12. The van der Waals surface area contributed by atoms with Crippen molar-refractivity contribution in [1.29, 1.82) is 0 Å². The Hall–Kier alpha value is -2.96. The summed E-state index contributed by atoms with van der Waals surface area (Å²) in [5, 5.41) is 7.89. The summed E-state index contributed by atoms with van der Waals surface area (Å²) in [6.07, 6.45) is 2.93. The molecular weight excluding hydrogens is 294 g/mol. The molecule has 23 heavy (non-hydrogen) atoms. The minimum atomic E-state index is -0.424. The van der Waals surface area contributed by atoms with Gasteiger partial charge in [0.15, 0.2) is 0 Å². The van der Waals surface area contributed by atoms with Gasteiger partial charge in [0.05, 0.1) is 12.6 Å². The van der Waals surface area contributed by atoms with E-state index in [0.29, 0.717) is 12.4 Å². The zero-order chi connectivity index (χ0) is 16.2. The molecule has 2 aromatic heterocycles. The summed E-state index contributed by atoms with van der Waals surface area (Å²) in [7, 11) is 1.58. The summed E-state index contributed by atoms with van der Waals surface area (Å²) in [5.74, 6) is 0.396. The van der Waals surface area contributed by atoms with Crippen LogP contribution in [0.3, 0.4) is 0 Å². The first-order valence-electron chi connectivity index (χ1n) is 7.23. The molecule has 3 rings (SSSR count). The molecule has 1 atom stereocenters. The van der Waals surface area contributed by atoms with Gasteiger partial charge in [-0.2, -0.15) is 5.10 Å². The van der Waals surface area contributed by atoms with Gasteiger partial charge in [0.25, 0.3) is 0 Å². The van der Waals surface area contributed by atoms with E-state index in [1.807, 2.05) is 30.3 Å². The summed E-state index contributed by atoms with van der Waals surface area (Å²) in [5.41, 5.74) is 1.78. The van der Waals surface area contributed by atoms with Crippen LogP contribution in [0.25, 0.3) is 10.9 Å². The van der Waals surface area contributed by atoms with Crippen molar-refractivity contribution >= 4 is 16.8 Å². The highest BCUT2D eigenvalue weighted by atomic mass is 16.5. The molecule has 0 fully saturated rings. The van der Waals surface area contributed by atoms with Crippen molar-refractivity contribution in [2.45, 2.75) is 19.5 Å². The summed E-state index contributed by atoms with van der Waals surface area (Å²) in [6, 6.07) is 9.17. The zero-order valence-electron chi connectivity index (χ0n) is 12.9. The van der Waals surface area contributed by atoms with Crippen LogP contribution in [0.5, 0.6) is 5.88 Å². The second-order valence-electron chi connectivity index (χ2n) is 5.11. The van der Waals surface area contributed by atoms with Crippen LogP contribution >= 0.6 is 0 Å². The monoisotopic (exact) mass is 311 g/mol. The number of ether oxygens (including phenoxy) is 1. The van der Waals surface area contributed by atoms with Crippen molar-refractivity contribution in [2.24, 2.45) is 0 Å². The molecule has 0 radical (unpaired) electrons. The minimum absolute atomic E-state index is 0.129. The van der Waals surface area contributed by atoms with Crippen molar-refractivity contribution in [3.05, 3.63) is 48.5 Å². The van der Waals surface area contributed by atoms with Gasteiger partial charge in [-0.3, -0.25) is 4.79 Å². The molecule has 1 aromatic carbocycles. The normalized spacial score (nSPS) is 12.1. The maximum atomic E-state index is 12.3. The number of aromatic nitrogens is 4. The molecule has 3 aromatic rings. The molecule has 7 heteroatoms. The Kier molecular flexibility index (Phi) is 4.18. The first kappa shape index (κ1) is 15.0. The highest BCUT2D eigenvalue weighted by Crippen LogP contribution is 2.21. The molecule has 1 unspecified atom stereocenters. The van der Waals surface area contributed by atoms with E-state index >= 15 is 0 Å². The van der Waals surface area contributed by atoms with Crippen LogP contribution in [0.4, 0.5) is 0 Å². The lowest BCUT2D eigenvalue weighted by atomic mass is 10.1. The summed E-state index contributed by atoms with van der Waals surface area (Å²) in [6.45, 7) is 2.16. The van der Waals surface area contributed by atoms with Crippen LogP contribution in [0.2, 0.25) is 0 Å². The smallest absolute Gasteiger partial charge is 0.244 e. The largest absolute Gasteiger partial charge is 0.481 e. The van der Waals surface area contributed by atoms with Crippen LogP contribution < -0.4 is 10.1 Å². The van der Waals surface area contributed by atoms with Crippen molar-refractivity contribution in [2.75, 3.05) is 7.11 Å². The van der Waals surface area contributed by atoms with E-state index in [-0.39, 0.29) is 5.91 Å². The van der Waals surface area contributed by atoms with Crippen molar-refractivity contribution in [1.82, 2.24) is 25.1 Å². The number of fused-ring (bicyclic) bond motifs is 1. The molecule has 0 saturated heterocycles. The van der Waals surface area contributed by atoms with Crippen LogP contribution in [0.1, 0.15) is 18.5 Å². The van der Waals surface area contributed by atoms with E-state index < -0.39 is 6.04 Å². The maximum Gasteiger partial charge on any atom is 0.244 e. The lowest BCUT2D eigenvalue weighted by Crippen LogP contribution is -2.30. The number of carbonyl (C=O) groups is 1. The second kappa shape index (κ2) is 6.43. The Bertz CT molecular complexity index is 816. The van der Waals surface area contributed by atoms with E-state index in [1.54, 1.807) is 14.0 Å². The standard InChI is InChI=1S/C16H17N5O2/c1-11(21-10-17-9-19-21)16(22)18-8-12-7-15(23-2)20-14-6-4-3-5-13(12)14/h3-7,9-11H,8H2,1-2H3,(H,18,22). The van der Waals surface area contributed by atoms with Gasteiger partial charge in [-0.15, -0.1) is 0 Å². The highest BCUT2D eigenvalue weighted by molar-refractivity contribution is 5.84. The van der Waals surface area contributed by atoms with Crippen LogP contribution in [-0.2, 0) is 11.3 Å². The molecule has 118 valence electrons. The van der Waals surface area contributed by atoms with Gasteiger partial charge in [0.1, 0.15) is 18.7 Å². The molecule has 0 spiro atoms. The van der Waals surface area contributed by atoms with Crippen molar-refractivity contribution in [3.63, 3.8) is 0 Å². The molecule has 0 saturated carbocycles. The number of amides is 1. The van der Waals surface area contributed by atoms with Gasteiger partial charge in [-0.1, -0.05) is 18.2 Å². The third kappa shape index (κ3) is 3.13. The van der Waals surface area contributed by atoms with E-state index in [1.165, 1.54) is 17.3 Å². The molecule has 1 N–H and O–H groups in total. The minimum Gasteiger partial charge on any atom is -0.481 e. The number of hydrogen-bond donors (Lipinski definition) is 1. The summed E-state index contributed by atoms with van der Waals surface area (Å²) >= 11 is 0. The number of para-hydroxylation sites is 1. The van der Waals surface area contributed by atoms with E-state index in [4.69, 9.17) is 4.74 Å². The predicted molar refractivity (Wildman–Crippen MR) is 84.9 cm³/mol. The SMILES string of the molecule is COc1cc(CNC(=O)C(C)n2cncn2)c2ccccc2n1. The molecule has 0 aliphatic carbocycles. The van der Waals surface area contributed by atoms with Gasteiger partial charge in [-0.25, -0.2) is 14.6 Å². The number of pyridine rings is 1. The Morgan fingerprint density at radius 3 is 2.96 bits per heavy atom. The zero-order valence-corrected chi connectivity index (χ0v) is 12.9. The maximum absolute atomic E-state index is 12.3. The average molecular weight is 311 g/mol.